The van der Waals surface area contributed by atoms with E-state index in [-0.39, 0.29) is 11.8 Å². The number of carbonyl (C=O) groups is 1. The van der Waals surface area contributed by atoms with Crippen molar-refractivity contribution >= 4 is 11.6 Å². The summed E-state index contributed by atoms with van der Waals surface area (Å²) in [5.41, 5.74) is 7.10. The zero-order valence-electron chi connectivity index (χ0n) is 11.1. The third-order valence-electron chi connectivity index (χ3n) is 3.78. The van der Waals surface area contributed by atoms with Crippen LogP contribution >= 0.6 is 0 Å². The van der Waals surface area contributed by atoms with Crippen molar-refractivity contribution in [2.75, 3.05) is 18.8 Å². The van der Waals surface area contributed by atoms with Crippen molar-refractivity contribution in [1.82, 2.24) is 4.90 Å². The van der Waals surface area contributed by atoms with Crippen LogP contribution in [0.3, 0.4) is 0 Å². The molecule has 1 aromatic rings. The molecule has 2 rings (SSSR count). The van der Waals surface area contributed by atoms with Crippen molar-refractivity contribution in [3.63, 3.8) is 0 Å². The fourth-order valence-corrected chi connectivity index (χ4v) is 2.16. The third-order valence-corrected chi connectivity index (χ3v) is 3.78. The van der Waals surface area contributed by atoms with Crippen LogP contribution in [-0.2, 0) is 0 Å². The summed E-state index contributed by atoms with van der Waals surface area (Å²) in [7, 11) is 0. The number of aryl methyl sites for hydroxylation is 1. The van der Waals surface area contributed by atoms with E-state index in [9.17, 15) is 9.90 Å². The van der Waals surface area contributed by atoms with E-state index in [2.05, 4.69) is 0 Å². The van der Waals surface area contributed by atoms with E-state index < -0.39 is 5.60 Å². The summed E-state index contributed by atoms with van der Waals surface area (Å²) in [6.45, 7) is 6.62. The summed E-state index contributed by atoms with van der Waals surface area (Å²) in [5, 5.41) is 10.2. The lowest BCUT2D eigenvalue weighted by Crippen LogP contribution is -2.66. The predicted octanol–water partition coefficient (Wildman–Crippen LogP) is 1.42. The minimum atomic E-state index is -0.732. The number of benzene rings is 1. The number of nitrogens with two attached hydrogens (primary N) is 1. The summed E-state index contributed by atoms with van der Waals surface area (Å²) in [6.07, 6.45) is 0. The molecular weight excluding hydrogens is 228 g/mol. The van der Waals surface area contributed by atoms with Crippen molar-refractivity contribution in [2.24, 2.45) is 5.92 Å². The first-order valence-electron chi connectivity index (χ1n) is 6.21. The summed E-state index contributed by atoms with van der Waals surface area (Å²) in [6, 6.07) is 5.33. The van der Waals surface area contributed by atoms with Gasteiger partial charge in [0, 0.05) is 11.3 Å². The molecule has 0 radical (unpaired) electrons. The van der Waals surface area contributed by atoms with Crippen molar-refractivity contribution in [3.05, 3.63) is 29.3 Å². The fraction of sp³-hybridized carbons (Fsp3) is 0.500. The van der Waals surface area contributed by atoms with Gasteiger partial charge in [0.2, 0.25) is 0 Å². The average Bonchev–Trinajstić information content (AvgIpc) is 2.27. The van der Waals surface area contributed by atoms with Crippen LogP contribution in [0.2, 0.25) is 0 Å². The highest BCUT2D eigenvalue weighted by atomic mass is 16.3. The van der Waals surface area contributed by atoms with Crippen molar-refractivity contribution in [3.8, 4) is 0 Å². The third kappa shape index (κ3) is 2.08. The Hall–Kier alpha value is -1.55. The fourth-order valence-electron chi connectivity index (χ4n) is 2.16. The highest BCUT2D eigenvalue weighted by Crippen LogP contribution is 2.30. The smallest absolute Gasteiger partial charge is 0.254 e. The molecule has 1 amide bonds. The van der Waals surface area contributed by atoms with Gasteiger partial charge in [-0.05, 0) is 30.5 Å². The normalized spacial score (nSPS) is 17.7. The SMILES string of the molecule is Cc1ccc(N)cc1C(=O)N1CC(O)(C(C)C)C1. The maximum atomic E-state index is 12.3. The van der Waals surface area contributed by atoms with E-state index in [4.69, 9.17) is 5.73 Å². The summed E-state index contributed by atoms with van der Waals surface area (Å²) in [4.78, 5) is 13.9. The Bertz CT molecular complexity index is 477. The number of aliphatic hydroxyl groups is 1. The number of likely N-dealkylation sites (tertiary alicyclic amines) is 1. The molecule has 1 heterocycles. The zero-order valence-corrected chi connectivity index (χ0v) is 11.1. The number of hydrogen-bond donors (Lipinski definition) is 2. The number of nitrogens with zero attached hydrogens (tertiary/aromatic N) is 1. The molecule has 0 atom stereocenters. The summed E-state index contributed by atoms with van der Waals surface area (Å²) < 4.78 is 0. The maximum absolute atomic E-state index is 12.3. The molecule has 1 aliphatic rings. The number of carbonyl (C=O) groups excluding carboxylic acids is 1. The Morgan fingerprint density at radius 2 is 2.06 bits per heavy atom. The van der Waals surface area contributed by atoms with Crippen LogP contribution in [0.15, 0.2) is 18.2 Å². The van der Waals surface area contributed by atoms with Gasteiger partial charge in [-0.25, -0.2) is 0 Å². The minimum absolute atomic E-state index is 0.0508. The number of rotatable bonds is 2. The van der Waals surface area contributed by atoms with Crippen molar-refractivity contribution < 1.29 is 9.90 Å². The Labute approximate surface area is 107 Å². The van der Waals surface area contributed by atoms with Gasteiger partial charge in [-0.3, -0.25) is 4.79 Å². The monoisotopic (exact) mass is 248 g/mol. The Balaban J connectivity index is 2.13. The van der Waals surface area contributed by atoms with Gasteiger partial charge in [0.1, 0.15) is 5.60 Å². The quantitative estimate of drug-likeness (QED) is 0.778. The lowest BCUT2D eigenvalue weighted by Gasteiger charge is -2.49. The van der Waals surface area contributed by atoms with Crippen LogP contribution in [0, 0.1) is 12.8 Å². The number of amides is 1. The first-order chi connectivity index (χ1) is 8.33. The molecule has 1 saturated heterocycles. The molecule has 1 aliphatic heterocycles. The molecule has 98 valence electrons. The lowest BCUT2D eigenvalue weighted by atomic mass is 9.82. The largest absolute Gasteiger partial charge is 0.399 e. The lowest BCUT2D eigenvalue weighted by molar-refractivity contribution is -0.110. The van der Waals surface area contributed by atoms with E-state index in [0.29, 0.717) is 24.3 Å². The molecule has 4 heteroatoms. The molecule has 3 N–H and O–H groups in total. The molecule has 4 nitrogen and oxygen atoms in total. The van der Waals surface area contributed by atoms with Gasteiger partial charge in [-0.2, -0.15) is 0 Å². The first kappa shape index (κ1) is 12.9. The Morgan fingerprint density at radius 3 is 2.61 bits per heavy atom. The Morgan fingerprint density at radius 1 is 1.44 bits per heavy atom. The molecule has 1 fully saturated rings. The van der Waals surface area contributed by atoms with Crippen LogP contribution in [0.4, 0.5) is 5.69 Å². The molecule has 0 spiro atoms. The molecular formula is C14H20N2O2. The number of nitrogen functional groups attached to an aromatic ring is 1. The van der Waals surface area contributed by atoms with Gasteiger partial charge in [0.05, 0.1) is 13.1 Å². The first-order valence-corrected chi connectivity index (χ1v) is 6.21. The zero-order chi connectivity index (χ0) is 13.5. The topological polar surface area (TPSA) is 66.6 Å². The van der Waals surface area contributed by atoms with Crippen LogP contribution < -0.4 is 5.73 Å². The van der Waals surface area contributed by atoms with E-state index in [1.165, 1.54) is 0 Å². The van der Waals surface area contributed by atoms with Gasteiger partial charge in [0.15, 0.2) is 0 Å². The van der Waals surface area contributed by atoms with Crippen molar-refractivity contribution in [2.45, 2.75) is 26.4 Å². The van der Waals surface area contributed by atoms with Gasteiger partial charge < -0.3 is 15.7 Å². The second-order valence-corrected chi connectivity index (χ2v) is 5.49. The van der Waals surface area contributed by atoms with Gasteiger partial charge in [0.25, 0.3) is 5.91 Å². The summed E-state index contributed by atoms with van der Waals surface area (Å²) in [5.74, 6) is 0.105. The molecule has 1 aromatic carbocycles. The summed E-state index contributed by atoms with van der Waals surface area (Å²) >= 11 is 0. The number of β-amino-alcohol motifs (C(OH)–C–C–N with tert-alkyl or cyclic N) is 1. The predicted molar refractivity (Wildman–Crippen MR) is 71.3 cm³/mol. The van der Waals surface area contributed by atoms with Gasteiger partial charge in [-0.15, -0.1) is 0 Å². The molecule has 0 aliphatic carbocycles. The Kier molecular flexibility index (Phi) is 3.07. The standard InChI is InChI=1S/C14H20N2O2/c1-9(2)14(18)7-16(8-14)13(17)12-6-11(15)5-4-10(12)3/h4-6,9,18H,7-8,15H2,1-3H3. The van der Waals surface area contributed by atoms with E-state index in [1.807, 2.05) is 26.8 Å². The van der Waals surface area contributed by atoms with Gasteiger partial charge in [-0.1, -0.05) is 19.9 Å². The molecule has 0 saturated carbocycles. The van der Waals surface area contributed by atoms with Crippen molar-refractivity contribution in [1.29, 1.82) is 0 Å². The van der Waals surface area contributed by atoms with Crippen LogP contribution in [0.5, 0.6) is 0 Å². The molecule has 0 unspecified atom stereocenters. The van der Waals surface area contributed by atoms with E-state index >= 15 is 0 Å². The van der Waals surface area contributed by atoms with Crippen LogP contribution in [-0.4, -0.2) is 34.6 Å². The second kappa shape index (κ2) is 4.28. The van der Waals surface area contributed by atoms with Gasteiger partial charge >= 0.3 is 0 Å². The number of anilines is 1. The molecule has 18 heavy (non-hydrogen) atoms. The molecule has 0 aromatic heterocycles. The van der Waals surface area contributed by atoms with E-state index in [0.717, 1.165) is 5.56 Å². The van der Waals surface area contributed by atoms with Crippen LogP contribution in [0.1, 0.15) is 29.8 Å². The molecule has 0 bridgehead atoms. The highest BCUT2D eigenvalue weighted by Gasteiger charge is 2.46. The van der Waals surface area contributed by atoms with Crippen LogP contribution in [0.25, 0.3) is 0 Å². The average molecular weight is 248 g/mol. The minimum Gasteiger partial charge on any atom is -0.399 e. The highest BCUT2D eigenvalue weighted by molar-refractivity contribution is 5.97. The van der Waals surface area contributed by atoms with E-state index in [1.54, 1.807) is 17.0 Å². The number of hydrogen-bond acceptors (Lipinski definition) is 3. The second-order valence-electron chi connectivity index (χ2n) is 5.49. The maximum Gasteiger partial charge on any atom is 0.254 e.